The summed E-state index contributed by atoms with van der Waals surface area (Å²) in [5.41, 5.74) is 1.29. The standard InChI is InChI=1S/C18H22O5/c1-18(17(22)23)7-6-13-12-5-3-11(19)8-10(12)2-4-14(13)15(18)9-16(20)21/h3,5,8,13-15,19H,2,4,6-7,9H2,1H3,(H,20,21)(H,22,23)/t13-,14-,15+,18-/m0/s1. The number of phenolic OH excluding ortho intramolecular Hbond substituents is 1. The number of phenols is 1. The summed E-state index contributed by atoms with van der Waals surface area (Å²) >= 11 is 0. The molecule has 2 aliphatic rings. The molecule has 4 atom stereocenters. The van der Waals surface area contributed by atoms with Crippen molar-refractivity contribution in [1.29, 1.82) is 0 Å². The van der Waals surface area contributed by atoms with Crippen LogP contribution in [0.25, 0.3) is 0 Å². The number of fused-ring (bicyclic) bond motifs is 3. The largest absolute Gasteiger partial charge is 0.508 e. The quantitative estimate of drug-likeness (QED) is 0.796. The molecule has 0 aliphatic heterocycles. The molecule has 0 heterocycles. The average molecular weight is 318 g/mol. The summed E-state index contributed by atoms with van der Waals surface area (Å²) in [6.07, 6.45) is 2.68. The molecule has 23 heavy (non-hydrogen) atoms. The van der Waals surface area contributed by atoms with E-state index in [1.807, 2.05) is 6.07 Å². The lowest BCUT2D eigenvalue weighted by Crippen LogP contribution is -2.47. The van der Waals surface area contributed by atoms with Gasteiger partial charge in [-0.05, 0) is 73.6 Å². The summed E-state index contributed by atoms with van der Waals surface area (Å²) in [6.45, 7) is 1.70. The van der Waals surface area contributed by atoms with E-state index in [1.165, 1.54) is 0 Å². The molecule has 0 aromatic heterocycles. The molecule has 5 heteroatoms. The van der Waals surface area contributed by atoms with Crippen LogP contribution in [0.3, 0.4) is 0 Å². The van der Waals surface area contributed by atoms with Gasteiger partial charge in [-0.15, -0.1) is 0 Å². The second-order valence-corrected chi connectivity index (χ2v) is 7.16. The van der Waals surface area contributed by atoms with Crippen molar-refractivity contribution in [2.24, 2.45) is 17.3 Å². The Morgan fingerprint density at radius 3 is 2.65 bits per heavy atom. The van der Waals surface area contributed by atoms with E-state index in [0.29, 0.717) is 6.42 Å². The maximum Gasteiger partial charge on any atom is 0.309 e. The molecule has 0 radical (unpaired) electrons. The van der Waals surface area contributed by atoms with Crippen molar-refractivity contribution >= 4 is 11.9 Å². The first-order chi connectivity index (χ1) is 10.8. The van der Waals surface area contributed by atoms with Crippen LogP contribution in [0.2, 0.25) is 0 Å². The molecular weight excluding hydrogens is 296 g/mol. The number of carboxylic acid groups (broad SMARTS) is 2. The third kappa shape index (κ3) is 2.58. The number of carbonyl (C=O) groups is 2. The maximum atomic E-state index is 11.8. The number of hydrogen-bond acceptors (Lipinski definition) is 3. The van der Waals surface area contributed by atoms with Gasteiger partial charge in [-0.25, -0.2) is 0 Å². The molecule has 0 unspecified atom stereocenters. The first kappa shape index (κ1) is 15.8. The maximum absolute atomic E-state index is 11.8. The van der Waals surface area contributed by atoms with Gasteiger partial charge in [0.1, 0.15) is 5.75 Å². The van der Waals surface area contributed by atoms with Crippen molar-refractivity contribution in [2.45, 2.75) is 44.9 Å². The molecule has 0 amide bonds. The summed E-state index contributed by atoms with van der Waals surface area (Å²) < 4.78 is 0. The molecule has 5 nitrogen and oxygen atoms in total. The van der Waals surface area contributed by atoms with Gasteiger partial charge in [0, 0.05) is 6.42 Å². The predicted octanol–water partition coefficient (Wildman–Crippen LogP) is 3.01. The third-order valence-corrected chi connectivity index (χ3v) is 5.98. The normalized spacial score (nSPS) is 32.7. The highest BCUT2D eigenvalue weighted by Crippen LogP contribution is 2.56. The summed E-state index contributed by atoms with van der Waals surface area (Å²) in [7, 11) is 0. The number of rotatable bonds is 3. The van der Waals surface area contributed by atoms with Gasteiger partial charge in [-0.2, -0.15) is 0 Å². The lowest BCUT2D eigenvalue weighted by atomic mass is 9.54. The zero-order valence-electron chi connectivity index (χ0n) is 13.2. The van der Waals surface area contributed by atoms with Gasteiger partial charge in [-0.3, -0.25) is 9.59 Å². The van der Waals surface area contributed by atoms with Crippen LogP contribution in [0, 0.1) is 17.3 Å². The van der Waals surface area contributed by atoms with Gasteiger partial charge in [0.15, 0.2) is 0 Å². The topological polar surface area (TPSA) is 94.8 Å². The molecule has 0 spiro atoms. The molecule has 1 aromatic carbocycles. The minimum absolute atomic E-state index is 0.0676. The van der Waals surface area contributed by atoms with Crippen LogP contribution in [-0.4, -0.2) is 27.3 Å². The lowest BCUT2D eigenvalue weighted by molar-refractivity contribution is -0.159. The van der Waals surface area contributed by atoms with Gasteiger partial charge < -0.3 is 15.3 Å². The molecule has 0 saturated heterocycles. The molecule has 0 bridgehead atoms. The smallest absolute Gasteiger partial charge is 0.309 e. The number of benzene rings is 1. The number of aryl methyl sites for hydroxylation is 1. The van der Waals surface area contributed by atoms with E-state index in [2.05, 4.69) is 0 Å². The average Bonchev–Trinajstić information content (AvgIpc) is 2.48. The van der Waals surface area contributed by atoms with Crippen LogP contribution in [-0.2, 0) is 16.0 Å². The highest BCUT2D eigenvalue weighted by molar-refractivity contribution is 5.77. The Balaban J connectivity index is 1.99. The van der Waals surface area contributed by atoms with E-state index in [4.69, 9.17) is 0 Å². The minimum Gasteiger partial charge on any atom is -0.508 e. The van der Waals surface area contributed by atoms with Crippen LogP contribution in [0.1, 0.15) is 49.7 Å². The molecule has 1 saturated carbocycles. The Hall–Kier alpha value is -2.04. The Morgan fingerprint density at radius 2 is 2.00 bits per heavy atom. The number of hydrogen-bond donors (Lipinski definition) is 3. The Morgan fingerprint density at radius 1 is 1.26 bits per heavy atom. The molecule has 1 fully saturated rings. The van der Waals surface area contributed by atoms with Crippen LogP contribution < -0.4 is 0 Å². The summed E-state index contributed by atoms with van der Waals surface area (Å²) in [6, 6.07) is 5.36. The minimum atomic E-state index is -0.978. The van der Waals surface area contributed by atoms with E-state index < -0.39 is 17.4 Å². The predicted molar refractivity (Wildman–Crippen MR) is 83.4 cm³/mol. The van der Waals surface area contributed by atoms with Gasteiger partial charge >= 0.3 is 11.9 Å². The molecule has 3 N–H and O–H groups in total. The molecule has 2 aliphatic carbocycles. The summed E-state index contributed by atoms with van der Waals surface area (Å²) in [5, 5.41) is 28.6. The van der Waals surface area contributed by atoms with Gasteiger partial charge in [0.25, 0.3) is 0 Å². The molecular formula is C18H22O5. The van der Waals surface area contributed by atoms with Crippen LogP contribution in [0.4, 0.5) is 0 Å². The lowest BCUT2D eigenvalue weighted by Gasteiger charge is -2.49. The fraction of sp³-hybridized carbons (Fsp3) is 0.556. The number of aromatic hydroxyl groups is 1. The zero-order valence-corrected chi connectivity index (χ0v) is 13.2. The molecule has 124 valence electrons. The molecule has 3 rings (SSSR count). The van der Waals surface area contributed by atoms with Crippen molar-refractivity contribution in [3.63, 3.8) is 0 Å². The van der Waals surface area contributed by atoms with Crippen molar-refractivity contribution in [3.8, 4) is 5.75 Å². The van der Waals surface area contributed by atoms with Crippen molar-refractivity contribution < 1.29 is 24.9 Å². The van der Waals surface area contributed by atoms with E-state index in [9.17, 15) is 24.9 Å². The van der Waals surface area contributed by atoms with Crippen LogP contribution >= 0.6 is 0 Å². The van der Waals surface area contributed by atoms with E-state index in [-0.39, 0.29) is 29.9 Å². The van der Waals surface area contributed by atoms with Gasteiger partial charge in [0.2, 0.25) is 0 Å². The number of aliphatic carboxylic acids is 2. The molecule has 1 aromatic rings. The van der Waals surface area contributed by atoms with Crippen LogP contribution in [0.15, 0.2) is 18.2 Å². The first-order valence-corrected chi connectivity index (χ1v) is 8.10. The zero-order chi connectivity index (χ0) is 16.8. The fourth-order valence-electron chi connectivity index (χ4n) is 4.72. The fourth-order valence-corrected chi connectivity index (χ4v) is 4.72. The monoisotopic (exact) mass is 318 g/mol. The first-order valence-electron chi connectivity index (χ1n) is 8.10. The van der Waals surface area contributed by atoms with Crippen molar-refractivity contribution in [2.75, 3.05) is 0 Å². The Labute approximate surface area is 135 Å². The van der Waals surface area contributed by atoms with Crippen LogP contribution in [0.5, 0.6) is 5.75 Å². The number of carboxylic acids is 2. The Bertz CT molecular complexity index is 653. The Kier molecular flexibility index (Phi) is 3.82. The highest BCUT2D eigenvalue weighted by Gasteiger charge is 2.52. The SMILES string of the molecule is C[C@]1(C(=O)O)CC[C@H]2c3ccc(O)cc3CC[C@@H]2[C@H]1CC(=O)O. The van der Waals surface area contributed by atoms with Crippen molar-refractivity contribution in [3.05, 3.63) is 29.3 Å². The highest BCUT2D eigenvalue weighted by atomic mass is 16.4. The summed E-state index contributed by atoms with van der Waals surface area (Å²) in [4.78, 5) is 23.1. The van der Waals surface area contributed by atoms with E-state index in [0.717, 1.165) is 30.4 Å². The second kappa shape index (κ2) is 5.55. The van der Waals surface area contributed by atoms with Gasteiger partial charge in [0.05, 0.1) is 5.41 Å². The van der Waals surface area contributed by atoms with Gasteiger partial charge in [-0.1, -0.05) is 6.07 Å². The second-order valence-electron chi connectivity index (χ2n) is 7.16. The summed E-state index contributed by atoms with van der Waals surface area (Å²) in [5.74, 6) is -1.68. The van der Waals surface area contributed by atoms with E-state index >= 15 is 0 Å². The third-order valence-electron chi connectivity index (χ3n) is 5.98. The van der Waals surface area contributed by atoms with Crippen molar-refractivity contribution in [1.82, 2.24) is 0 Å². The van der Waals surface area contributed by atoms with E-state index in [1.54, 1.807) is 19.1 Å².